The van der Waals surface area contributed by atoms with Crippen molar-refractivity contribution in [2.24, 2.45) is 0 Å². The van der Waals surface area contributed by atoms with Gasteiger partial charge in [0.25, 0.3) is 0 Å². The molecule has 0 aliphatic heterocycles. The van der Waals surface area contributed by atoms with E-state index in [2.05, 4.69) is 359 Å². The summed E-state index contributed by atoms with van der Waals surface area (Å²) in [5.41, 5.74) is 34.1. The molecule has 0 saturated heterocycles. The van der Waals surface area contributed by atoms with Crippen LogP contribution in [0.1, 0.15) is 154 Å². The van der Waals surface area contributed by atoms with E-state index in [4.69, 9.17) is 33.1 Å². The molecule has 5 heteroatoms. The third kappa shape index (κ3) is 18.3. The zero-order chi connectivity index (χ0) is 105. The van der Waals surface area contributed by atoms with Gasteiger partial charge in [-0.05, 0) is 206 Å². The number of fused-ring (bicyclic) bond motifs is 15. The Morgan fingerprint density at radius 1 is 0.177 bits per heavy atom. The van der Waals surface area contributed by atoms with E-state index in [1.54, 1.807) is 13.8 Å². The molecular formula is C136H120O5. The van der Waals surface area contributed by atoms with Gasteiger partial charge in [-0.1, -0.05) is 485 Å². The quantitative estimate of drug-likeness (QED) is 0.144. The fraction of sp³-hybridized carbons (Fsp3) is 0.162. The Morgan fingerprint density at radius 2 is 0.411 bits per heavy atom. The molecule has 0 radical (unpaired) electrons. The molecule has 141 heavy (non-hydrogen) atoms. The molecule has 0 N–H and O–H groups in total. The number of furan rings is 5. The van der Waals surface area contributed by atoms with Crippen LogP contribution in [0.2, 0.25) is 0 Å². The molecule has 5 nitrogen and oxygen atoms in total. The van der Waals surface area contributed by atoms with Gasteiger partial charge in [0.2, 0.25) is 0 Å². The lowest BCUT2D eigenvalue weighted by Gasteiger charge is -2.27. The van der Waals surface area contributed by atoms with Crippen molar-refractivity contribution >= 4 is 110 Å². The number of benzene rings is 19. The standard InChI is InChI=1S/2C29H26O.2C28H24O.C22H20O/c1-19-10-7-11-20(18-19)21-13-8-15-23(28(21)29(2,3)4)22-14-9-17-26-27(22)24-12-5-6-16-25(24)30-26;1-19-10-7-11-20(18-19)21-13-8-14-23(27(21)29(2,3)4)25-16-9-15-24-22-12-5-6-17-26(22)30-28(24)25;1-28(2,3)27-20(19-11-5-4-6-12-19)14-9-16-22(27)21-15-10-18-25-26(21)23-13-7-8-17-24(23)29-25;1-28(2,3)26-20(19-11-5-4-6-12-19)14-9-15-22(26)24-17-10-16-23-21-13-7-8-18-25(21)29-27(23)24;1-22(2,3)18-12-6-4-9-15(18)16-11-8-14-20-21(16)17-10-5-7-13-19(17)23-20/h2*5-18H,1-4H3;2*4-18H,1-3H3;4-14H,1-3H3/i2*7D,10D,11D,18D;;;. The topological polar surface area (TPSA) is 65.7 Å². The highest BCUT2D eigenvalue weighted by atomic mass is 16.3. The van der Waals surface area contributed by atoms with E-state index in [0.29, 0.717) is 22.3 Å². The minimum atomic E-state index is -0.325. The molecule has 0 spiro atoms. The number of hydrogen-bond donors (Lipinski definition) is 0. The van der Waals surface area contributed by atoms with Crippen LogP contribution in [0.4, 0.5) is 0 Å². The van der Waals surface area contributed by atoms with Gasteiger partial charge < -0.3 is 22.1 Å². The molecule has 0 amide bonds. The summed E-state index contributed by atoms with van der Waals surface area (Å²) < 4.78 is 98.7. The molecule has 19 aromatic carbocycles. The largest absolute Gasteiger partial charge is 0.456 e. The molecular weight excluding hydrogens is 1710 g/mol. The first-order valence-electron chi connectivity index (χ1n) is 52.8. The van der Waals surface area contributed by atoms with Crippen LogP contribution in [0, 0.1) is 13.8 Å². The number of hydrogen-bond acceptors (Lipinski definition) is 5. The van der Waals surface area contributed by atoms with Gasteiger partial charge in [0.1, 0.15) is 55.8 Å². The highest BCUT2D eigenvalue weighted by Gasteiger charge is 2.32. The molecule has 0 bridgehead atoms. The average molecular weight is 1840 g/mol. The maximum Gasteiger partial charge on any atom is 0.143 e. The third-order valence-corrected chi connectivity index (χ3v) is 26.7. The van der Waals surface area contributed by atoms with Gasteiger partial charge in [-0.25, -0.2) is 0 Å². The van der Waals surface area contributed by atoms with Crippen LogP contribution in [0.5, 0.6) is 0 Å². The van der Waals surface area contributed by atoms with E-state index >= 15 is 0 Å². The van der Waals surface area contributed by atoms with Crippen molar-refractivity contribution in [3.8, 4) is 100 Å². The monoisotopic (exact) mass is 1840 g/mol. The van der Waals surface area contributed by atoms with Crippen molar-refractivity contribution in [2.75, 3.05) is 0 Å². The fourth-order valence-corrected chi connectivity index (χ4v) is 20.9. The average Bonchev–Trinajstić information content (AvgIpc) is 1.72. The predicted molar refractivity (Wildman–Crippen MR) is 600 cm³/mol. The molecule has 5 aromatic heterocycles. The Morgan fingerprint density at radius 3 is 0.752 bits per heavy atom. The van der Waals surface area contributed by atoms with E-state index in [-0.39, 0.29) is 75.4 Å². The van der Waals surface area contributed by atoms with E-state index in [9.17, 15) is 0 Å². The van der Waals surface area contributed by atoms with Gasteiger partial charge in [-0.2, -0.15) is 0 Å². The van der Waals surface area contributed by atoms with Gasteiger partial charge in [-0.3, -0.25) is 0 Å². The lowest BCUT2D eigenvalue weighted by molar-refractivity contribution is 0.592. The minimum absolute atomic E-state index is 0.0104. The van der Waals surface area contributed by atoms with Crippen molar-refractivity contribution in [3.63, 3.8) is 0 Å². The van der Waals surface area contributed by atoms with Crippen molar-refractivity contribution < 1.29 is 33.1 Å². The van der Waals surface area contributed by atoms with Crippen molar-refractivity contribution in [3.05, 3.63) is 457 Å². The minimum Gasteiger partial charge on any atom is -0.456 e. The van der Waals surface area contributed by atoms with E-state index < -0.39 is 0 Å². The van der Waals surface area contributed by atoms with Crippen LogP contribution in [-0.2, 0) is 27.1 Å². The highest BCUT2D eigenvalue weighted by molar-refractivity contribution is 6.17. The van der Waals surface area contributed by atoms with Gasteiger partial charge in [0, 0.05) is 65.0 Å². The van der Waals surface area contributed by atoms with Crippen LogP contribution in [0.3, 0.4) is 0 Å². The van der Waals surface area contributed by atoms with E-state index in [0.717, 1.165) is 127 Å². The molecule has 694 valence electrons. The highest BCUT2D eigenvalue weighted by Crippen LogP contribution is 2.52. The Labute approximate surface area is 839 Å². The second-order valence-electron chi connectivity index (χ2n) is 41.8. The summed E-state index contributed by atoms with van der Waals surface area (Å²) in [6, 6.07) is 127. The number of rotatable bonds is 9. The Hall–Kier alpha value is -15.8. The van der Waals surface area contributed by atoms with Crippen molar-refractivity contribution in [1.82, 2.24) is 0 Å². The van der Waals surface area contributed by atoms with Crippen LogP contribution < -0.4 is 0 Å². The van der Waals surface area contributed by atoms with Gasteiger partial charge in [0.05, 0.1) is 11.0 Å². The zero-order valence-corrected chi connectivity index (χ0v) is 83.3. The maximum atomic E-state index is 8.76. The molecule has 0 atom stereocenters. The van der Waals surface area contributed by atoms with Gasteiger partial charge >= 0.3 is 0 Å². The van der Waals surface area contributed by atoms with Crippen LogP contribution in [0.25, 0.3) is 210 Å². The predicted octanol–water partition coefficient (Wildman–Crippen LogP) is 40.0. The normalized spacial score (nSPS) is 12.8. The van der Waals surface area contributed by atoms with E-state index in [1.165, 1.54) is 99.1 Å². The fourth-order valence-electron chi connectivity index (χ4n) is 20.9. The molecule has 24 aromatic rings. The Bertz CT molecular complexity index is 9220. The Kier molecular flexibility index (Phi) is 22.4. The first kappa shape index (κ1) is 83.4. The lowest BCUT2D eigenvalue weighted by Crippen LogP contribution is -2.14. The first-order valence-corrected chi connectivity index (χ1v) is 48.8. The summed E-state index contributed by atoms with van der Waals surface area (Å²) in [7, 11) is 0. The lowest BCUT2D eigenvalue weighted by atomic mass is 9.76. The number of para-hydroxylation sites is 7. The molecule has 0 saturated carbocycles. The molecule has 0 aliphatic rings. The summed E-state index contributed by atoms with van der Waals surface area (Å²) in [5, 5.41) is 11.3. The van der Waals surface area contributed by atoms with Gasteiger partial charge in [-0.15, -0.1) is 0 Å². The summed E-state index contributed by atoms with van der Waals surface area (Å²) in [5.74, 6) is 0. The molecule has 0 aliphatic carbocycles. The third-order valence-electron chi connectivity index (χ3n) is 26.7. The summed E-state index contributed by atoms with van der Waals surface area (Å²) in [6.45, 7) is 36.7. The van der Waals surface area contributed by atoms with Crippen LogP contribution in [-0.4, -0.2) is 0 Å². The molecule has 0 fully saturated rings. The smallest absolute Gasteiger partial charge is 0.143 e. The van der Waals surface area contributed by atoms with Gasteiger partial charge in [0.15, 0.2) is 0 Å². The first-order chi connectivity index (χ1) is 71.3. The van der Waals surface area contributed by atoms with E-state index in [1.807, 2.05) is 115 Å². The van der Waals surface area contributed by atoms with Crippen LogP contribution >= 0.6 is 0 Å². The second kappa shape index (κ2) is 37.8. The van der Waals surface area contributed by atoms with Crippen LogP contribution in [0.15, 0.2) is 440 Å². The Balaban J connectivity index is 0.000000113. The van der Waals surface area contributed by atoms with Crippen molar-refractivity contribution in [1.29, 1.82) is 0 Å². The zero-order valence-electron chi connectivity index (χ0n) is 91.3. The second-order valence-corrected chi connectivity index (χ2v) is 41.8. The summed E-state index contributed by atoms with van der Waals surface area (Å²) in [6.07, 6.45) is 0. The summed E-state index contributed by atoms with van der Waals surface area (Å²) in [4.78, 5) is 0. The maximum absolute atomic E-state index is 8.76. The molecule has 5 heterocycles. The molecule has 0 unspecified atom stereocenters. The van der Waals surface area contributed by atoms with Crippen molar-refractivity contribution in [2.45, 2.75) is 145 Å². The SMILES string of the molecule is CC(C)(C)c1c(-c2ccccc2)cccc1-c1cccc2c1oc1ccccc12.CC(C)(C)c1c(-c2ccccc2)cccc1-c1cccc2oc3ccccc3c12.CC(C)(C)c1ccccc1-c1cccc2oc3ccccc3c12.[2H]c1c([2H])c(C)c([2H])c(-c2cccc(-c3cccc4c3oc3ccccc34)c2C(C)(C)C)c1[2H].[2H]c1c([2H])c(C)c([2H])c(-c2cccc(-c3cccc4oc5ccccc5c34)c2C(C)(C)C)c1[2H]. The summed E-state index contributed by atoms with van der Waals surface area (Å²) >= 11 is 0. The molecule has 24 rings (SSSR count).